The van der Waals surface area contributed by atoms with Gasteiger partial charge in [0.25, 0.3) is 0 Å². The van der Waals surface area contributed by atoms with Crippen LogP contribution in [0.2, 0.25) is 0 Å². The molecule has 0 bridgehead atoms. The van der Waals surface area contributed by atoms with Crippen molar-refractivity contribution in [2.45, 2.75) is 13.1 Å². The van der Waals surface area contributed by atoms with Gasteiger partial charge in [-0.1, -0.05) is 30.3 Å². The average molecular weight is 336 g/mol. The van der Waals surface area contributed by atoms with Crippen LogP contribution in [0.5, 0.6) is 0 Å². The number of nitrogens with one attached hydrogen (secondary N) is 1. The Morgan fingerprint density at radius 3 is 2.17 bits per heavy atom. The molecular formula is C17H15F3N2O2. The molecule has 0 saturated carbocycles. The van der Waals surface area contributed by atoms with Gasteiger partial charge in [0.2, 0.25) is 0 Å². The highest BCUT2D eigenvalue weighted by Crippen LogP contribution is 2.34. The lowest BCUT2D eigenvalue weighted by molar-refractivity contribution is -0.137. The second-order valence-electron chi connectivity index (χ2n) is 4.88. The molecular weight excluding hydrogens is 321 g/mol. The fourth-order valence-electron chi connectivity index (χ4n) is 2.19. The number of hydrogen-bond donors (Lipinski definition) is 1. The van der Waals surface area contributed by atoms with Crippen molar-refractivity contribution in [1.82, 2.24) is 0 Å². The lowest BCUT2D eigenvalue weighted by atomic mass is 10.1. The smallest absolute Gasteiger partial charge is 0.317 e. The summed E-state index contributed by atoms with van der Waals surface area (Å²) >= 11 is 0. The Labute approximate surface area is 136 Å². The molecule has 0 aliphatic carbocycles. The molecule has 24 heavy (non-hydrogen) atoms. The van der Waals surface area contributed by atoms with Crippen molar-refractivity contribution in [3.8, 4) is 0 Å². The van der Waals surface area contributed by atoms with E-state index in [9.17, 15) is 22.8 Å². The van der Waals surface area contributed by atoms with E-state index in [2.05, 4.69) is 5.32 Å². The molecule has 0 aliphatic rings. The van der Waals surface area contributed by atoms with Crippen molar-refractivity contribution in [3.05, 3.63) is 60.2 Å². The van der Waals surface area contributed by atoms with E-state index in [4.69, 9.17) is 0 Å². The van der Waals surface area contributed by atoms with Crippen LogP contribution in [0.3, 0.4) is 0 Å². The van der Waals surface area contributed by atoms with E-state index >= 15 is 0 Å². The maximum atomic E-state index is 12.9. The molecule has 4 nitrogen and oxygen atoms in total. The number of alkyl halides is 3. The highest BCUT2D eigenvalue weighted by atomic mass is 19.4. The van der Waals surface area contributed by atoms with Gasteiger partial charge in [-0.05, 0) is 31.2 Å². The largest absolute Gasteiger partial charge is 0.418 e. The summed E-state index contributed by atoms with van der Waals surface area (Å²) in [6.07, 6.45) is -4.63. The summed E-state index contributed by atoms with van der Waals surface area (Å²) in [6, 6.07) is 12.9. The molecule has 0 atom stereocenters. The number of para-hydroxylation sites is 2. The molecule has 126 valence electrons. The topological polar surface area (TPSA) is 49.4 Å². The lowest BCUT2D eigenvalue weighted by Crippen LogP contribution is -2.40. The molecule has 0 aromatic heterocycles. The Morgan fingerprint density at radius 1 is 1.00 bits per heavy atom. The first kappa shape index (κ1) is 17.5. The van der Waals surface area contributed by atoms with Gasteiger partial charge in [0.05, 0.1) is 11.3 Å². The molecule has 0 fully saturated rings. The van der Waals surface area contributed by atoms with E-state index in [0.29, 0.717) is 5.69 Å². The maximum absolute atomic E-state index is 12.9. The van der Waals surface area contributed by atoms with Crippen molar-refractivity contribution in [2.75, 3.05) is 16.8 Å². The summed E-state index contributed by atoms with van der Waals surface area (Å²) in [6.45, 7) is 1.87. The highest BCUT2D eigenvalue weighted by Gasteiger charge is 2.34. The Balaban J connectivity index is 2.22. The number of hydrogen-bond acceptors (Lipinski definition) is 2. The van der Waals surface area contributed by atoms with Crippen molar-refractivity contribution >= 4 is 23.2 Å². The normalized spacial score (nSPS) is 11.0. The number of rotatable bonds is 3. The van der Waals surface area contributed by atoms with E-state index in [-0.39, 0.29) is 6.54 Å². The number of benzene rings is 2. The molecule has 7 heteroatoms. The monoisotopic (exact) mass is 336 g/mol. The van der Waals surface area contributed by atoms with Gasteiger partial charge >= 0.3 is 18.0 Å². The summed E-state index contributed by atoms with van der Waals surface area (Å²) in [7, 11) is 0. The second-order valence-corrected chi connectivity index (χ2v) is 4.88. The molecule has 2 rings (SSSR count). The lowest BCUT2D eigenvalue weighted by Gasteiger charge is -2.21. The van der Waals surface area contributed by atoms with E-state index in [1.807, 2.05) is 0 Å². The second kappa shape index (κ2) is 7.16. The van der Waals surface area contributed by atoms with Crippen LogP contribution in [-0.4, -0.2) is 18.4 Å². The standard InChI is InChI=1S/C17H15F3N2O2/c1-2-22(12-8-4-3-5-9-12)16(24)15(23)21-14-11-7-6-10-13(14)17(18,19)20/h3-11H,2H2,1H3,(H,21,23). The molecule has 0 saturated heterocycles. The number of carbonyl (C=O) groups is 2. The predicted octanol–water partition coefficient (Wildman–Crippen LogP) is 3.70. The zero-order valence-corrected chi connectivity index (χ0v) is 12.8. The number of amides is 2. The fraction of sp³-hybridized carbons (Fsp3) is 0.176. The van der Waals surface area contributed by atoms with Gasteiger partial charge in [-0.15, -0.1) is 0 Å². The van der Waals surface area contributed by atoms with Crippen LogP contribution in [0.25, 0.3) is 0 Å². The average Bonchev–Trinajstić information content (AvgIpc) is 2.56. The van der Waals surface area contributed by atoms with Crippen molar-refractivity contribution in [3.63, 3.8) is 0 Å². The van der Waals surface area contributed by atoms with Crippen LogP contribution in [-0.2, 0) is 15.8 Å². The van der Waals surface area contributed by atoms with E-state index in [1.54, 1.807) is 37.3 Å². The molecule has 2 aromatic carbocycles. The molecule has 2 aromatic rings. The van der Waals surface area contributed by atoms with Crippen LogP contribution < -0.4 is 10.2 Å². The minimum absolute atomic E-state index is 0.206. The first-order valence-corrected chi connectivity index (χ1v) is 7.18. The van der Waals surface area contributed by atoms with Gasteiger partial charge in [-0.2, -0.15) is 13.2 Å². The Hall–Kier alpha value is -2.83. The number of anilines is 2. The van der Waals surface area contributed by atoms with Crippen molar-refractivity contribution in [2.24, 2.45) is 0 Å². The number of carbonyl (C=O) groups excluding carboxylic acids is 2. The summed E-state index contributed by atoms with van der Waals surface area (Å²) in [5, 5.41) is 2.05. The minimum Gasteiger partial charge on any atom is -0.317 e. The Morgan fingerprint density at radius 2 is 1.58 bits per heavy atom. The predicted molar refractivity (Wildman–Crippen MR) is 84.5 cm³/mol. The zero-order valence-electron chi connectivity index (χ0n) is 12.8. The Kier molecular flexibility index (Phi) is 5.23. The van der Waals surface area contributed by atoms with Crippen LogP contribution in [0.4, 0.5) is 24.5 Å². The third-order valence-electron chi connectivity index (χ3n) is 3.30. The molecule has 1 N–H and O–H groups in total. The number of halogens is 3. The molecule has 0 radical (unpaired) electrons. The minimum atomic E-state index is -4.63. The molecule has 0 heterocycles. The maximum Gasteiger partial charge on any atom is 0.418 e. The van der Waals surface area contributed by atoms with Gasteiger partial charge in [0, 0.05) is 12.2 Å². The van der Waals surface area contributed by atoms with Gasteiger partial charge in [0.15, 0.2) is 0 Å². The summed E-state index contributed by atoms with van der Waals surface area (Å²) in [5.41, 5.74) is -0.967. The van der Waals surface area contributed by atoms with Crippen LogP contribution in [0.15, 0.2) is 54.6 Å². The van der Waals surface area contributed by atoms with Gasteiger partial charge in [-0.3, -0.25) is 9.59 Å². The Bertz CT molecular complexity index is 730. The quantitative estimate of drug-likeness (QED) is 0.869. The van der Waals surface area contributed by atoms with E-state index < -0.39 is 29.2 Å². The SMILES string of the molecule is CCN(C(=O)C(=O)Nc1ccccc1C(F)(F)F)c1ccccc1. The van der Waals surface area contributed by atoms with E-state index in [0.717, 1.165) is 12.1 Å². The summed E-state index contributed by atoms with van der Waals surface area (Å²) in [5.74, 6) is -2.06. The number of likely N-dealkylation sites (N-methyl/N-ethyl adjacent to an activating group) is 1. The van der Waals surface area contributed by atoms with Crippen LogP contribution in [0, 0.1) is 0 Å². The molecule has 2 amide bonds. The highest BCUT2D eigenvalue weighted by molar-refractivity contribution is 6.44. The summed E-state index contributed by atoms with van der Waals surface area (Å²) < 4.78 is 38.8. The van der Waals surface area contributed by atoms with Crippen LogP contribution >= 0.6 is 0 Å². The van der Waals surface area contributed by atoms with Gasteiger partial charge in [0.1, 0.15) is 0 Å². The first-order valence-electron chi connectivity index (χ1n) is 7.18. The van der Waals surface area contributed by atoms with Gasteiger partial charge in [-0.25, -0.2) is 0 Å². The van der Waals surface area contributed by atoms with Crippen LogP contribution in [0.1, 0.15) is 12.5 Å². The van der Waals surface area contributed by atoms with Gasteiger partial charge < -0.3 is 10.2 Å². The third kappa shape index (κ3) is 3.92. The third-order valence-corrected chi connectivity index (χ3v) is 3.30. The first-order chi connectivity index (χ1) is 11.3. The zero-order chi connectivity index (χ0) is 17.7. The number of nitrogens with zero attached hydrogens (tertiary/aromatic N) is 1. The molecule has 0 spiro atoms. The van der Waals surface area contributed by atoms with E-state index in [1.165, 1.54) is 17.0 Å². The molecule has 0 aliphatic heterocycles. The van der Waals surface area contributed by atoms with Crippen molar-refractivity contribution in [1.29, 1.82) is 0 Å². The molecule has 0 unspecified atom stereocenters. The fourth-order valence-corrected chi connectivity index (χ4v) is 2.19. The van der Waals surface area contributed by atoms with Crippen molar-refractivity contribution < 1.29 is 22.8 Å². The summed E-state index contributed by atoms with van der Waals surface area (Å²) in [4.78, 5) is 25.6.